The van der Waals surface area contributed by atoms with Gasteiger partial charge >= 0.3 is 0 Å². The highest BCUT2D eigenvalue weighted by atomic mass is 79.9. The molecule has 0 saturated carbocycles. The van der Waals surface area contributed by atoms with Crippen LogP contribution in [0.3, 0.4) is 0 Å². The van der Waals surface area contributed by atoms with E-state index >= 15 is 0 Å². The molecule has 4 rings (SSSR count). The van der Waals surface area contributed by atoms with Gasteiger partial charge in [-0.2, -0.15) is 5.10 Å². The molecule has 0 spiro atoms. The van der Waals surface area contributed by atoms with Crippen LogP contribution in [0.15, 0.2) is 61.2 Å². The Balaban J connectivity index is 1.80. The molecule has 1 fully saturated rings. The number of hydrogen-bond donors (Lipinski definition) is 0. The van der Waals surface area contributed by atoms with E-state index in [1.165, 1.54) is 18.5 Å². The van der Waals surface area contributed by atoms with Gasteiger partial charge in [0.25, 0.3) is 0 Å². The zero-order valence-corrected chi connectivity index (χ0v) is 14.7. The minimum atomic E-state index is -0.744. The van der Waals surface area contributed by atoms with Crippen LogP contribution in [0, 0.1) is 5.82 Å². The molecule has 1 saturated heterocycles. The normalized spacial score (nSPS) is 23.9. The van der Waals surface area contributed by atoms with E-state index in [-0.39, 0.29) is 16.9 Å². The predicted octanol–water partition coefficient (Wildman–Crippen LogP) is 4.63. The zero-order valence-electron chi connectivity index (χ0n) is 12.3. The van der Waals surface area contributed by atoms with Gasteiger partial charge in [-0.15, -0.1) is 0 Å². The summed E-state index contributed by atoms with van der Waals surface area (Å²) in [6.45, 7) is 0. The molecule has 3 unspecified atom stereocenters. The second-order valence-electron chi connectivity index (χ2n) is 5.53. The lowest BCUT2D eigenvalue weighted by molar-refractivity contribution is 0.260. The van der Waals surface area contributed by atoms with E-state index in [1.807, 2.05) is 24.3 Å². The van der Waals surface area contributed by atoms with Crippen LogP contribution in [0.4, 0.5) is 4.39 Å². The highest BCUT2D eigenvalue weighted by Crippen LogP contribution is 2.65. The maximum atomic E-state index is 13.4. The van der Waals surface area contributed by atoms with Crippen molar-refractivity contribution in [3.8, 4) is 0 Å². The first-order valence-corrected chi connectivity index (χ1v) is 8.59. The predicted molar refractivity (Wildman–Crippen MR) is 91.3 cm³/mol. The first-order valence-electron chi connectivity index (χ1n) is 7.29. The van der Waals surface area contributed by atoms with Gasteiger partial charge in [-0.3, -0.25) is 0 Å². The summed E-state index contributed by atoms with van der Waals surface area (Å²) in [4.78, 5) is 3.67. The number of nitrogens with zero attached hydrogens (tertiary/aromatic N) is 3. The summed E-state index contributed by atoms with van der Waals surface area (Å²) in [6.07, 6.45) is 2.79. The standard InChI is InChI=1S/C17H12BrClFN3O/c18-16(23-10-21-9-22-23)17(11-5-7-12(20)8-6-11)15(24-17)13-3-1-2-4-14(13)19/h1-10,15-16H. The summed E-state index contributed by atoms with van der Waals surface area (Å²) in [7, 11) is 0. The van der Waals surface area contributed by atoms with Crippen LogP contribution in [0.25, 0.3) is 0 Å². The van der Waals surface area contributed by atoms with E-state index in [0.29, 0.717) is 5.02 Å². The van der Waals surface area contributed by atoms with Gasteiger partial charge in [0.15, 0.2) is 5.60 Å². The Morgan fingerprint density at radius 1 is 1.21 bits per heavy atom. The fourth-order valence-corrected chi connectivity index (χ4v) is 3.98. The maximum absolute atomic E-state index is 13.4. The lowest BCUT2D eigenvalue weighted by atomic mass is 9.91. The van der Waals surface area contributed by atoms with Crippen LogP contribution in [0.5, 0.6) is 0 Å². The maximum Gasteiger partial charge on any atom is 0.157 e. The highest BCUT2D eigenvalue weighted by Gasteiger charge is 2.64. The molecule has 24 heavy (non-hydrogen) atoms. The third-order valence-electron chi connectivity index (χ3n) is 4.15. The van der Waals surface area contributed by atoms with Gasteiger partial charge in [0.1, 0.15) is 29.5 Å². The van der Waals surface area contributed by atoms with Crippen LogP contribution in [0.1, 0.15) is 22.2 Å². The van der Waals surface area contributed by atoms with Crippen molar-refractivity contribution in [2.24, 2.45) is 0 Å². The van der Waals surface area contributed by atoms with Crippen molar-refractivity contribution < 1.29 is 9.13 Å². The number of ether oxygens (including phenoxy) is 1. The number of alkyl halides is 1. The molecule has 0 bridgehead atoms. The molecule has 2 aromatic carbocycles. The molecule has 3 atom stereocenters. The van der Waals surface area contributed by atoms with Crippen LogP contribution in [-0.4, -0.2) is 14.8 Å². The Labute approximate surface area is 151 Å². The first kappa shape index (κ1) is 15.7. The Morgan fingerprint density at radius 3 is 2.62 bits per heavy atom. The van der Waals surface area contributed by atoms with E-state index < -0.39 is 5.60 Å². The van der Waals surface area contributed by atoms with Gasteiger partial charge in [0, 0.05) is 10.6 Å². The van der Waals surface area contributed by atoms with Crippen molar-refractivity contribution >= 4 is 27.5 Å². The topological polar surface area (TPSA) is 43.2 Å². The largest absolute Gasteiger partial charge is 0.352 e. The van der Waals surface area contributed by atoms with Crippen LogP contribution >= 0.6 is 27.5 Å². The van der Waals surface area contributed by atoms with E-state index in [0.717, 1.165) is 11.1 Å². The van der Waals surface area contributed by atoms with Crippen molar-refractivity contribution in [3.05, 3.63) is 83.2 Å². The number of hydrogen-bond acceptors (Lipinski definition) is 3. The average molecular weight is 409 g/mol. The smallest absolute Gasteiger partial charge is 0.157 e. The Kier molecular flexibility index (Phi) is 3.90. The zero-order chi connectivity index (χ0) is 16.7. The molecular formula is C17H12BrClFN3O. The summed E-state index contributed by atoms with van der Waals surface area (Å²) in [5.74, 6) is -0.296. The highest BCUT2D eigenvalue weighted by molar-refractivity contribution is 9.09. The molecule has 0 amide bonds. The minimum Gasteiger partial charge on any atom is -0.352 e. The fraction of sp³-hybridized carbons (Fsp3) is 0.176. The molecule has 1 aromatic heterocycles. The van der Waals surface area contributed by atoms with E-state index in [9.17, 15) is 4.39 Å². The van der Waals surface area contributed by atoms with E-state index in [1.54, 1.807) is 23.1 Å². The lowest BCUT2D eigenvalue weighted by Crippen LogP contribution is -2.22. The summed E-state index contributed by atoms with van der Waals surface area (Å²) >= 11 is 10.0. The van der Waals surface area contributed by atoms with Gasteiger partial charge in [0.2, 0.25) is 0 Å². The molecular weight excluding hydrogens is 397 g/mol. The second kappa shape index (κ2) is 5.95. The number of rotatable bonds is 4. The molecule has 0 N–H and O–H groups in total. The Morgan fingerprint density at radius 2 is 1.96 bits per heavy atom. The van der Waals surface area contributed by atoms with Crippen LogP contribution in [0.2, 0.25) is 5.02 Å². The molecule has 0 aliphatic carbocycles. The molecule has 1 aliphatic heterocycles. The van der Waals surface area contributed by atoms with Crippen molar-refractivity contribution in [2.75, 3.05) is 0 Å². The van der Waals surface area contributed by atoms with E-state index in [2.05, 4.69) is 26.0 Å². The Bertz CT molecular complexity index is 859. The molecule has 122 valence electrons. The SMILES string of the molecule is Fc1ccc(C2(C(Br)n3cncn3)OC2c2ccccc2Cl)cc1. The molecule has 7 heteroatoms. The molecule has 2 heterocycles. The van der Waals surface area contributed by atoms with Gasteiger partial charge in [-0.1, -0.05) is 57.9 Å². The summed E-state index contributed by atoms with van der Waals surface area (Å²) in [5, 5.41) is 4.82. The molecule has 4 nitrogen and oxygen atoms in total. The average Bonchev–Trinajstić information content (AvgIpc) is 3.09. The van der Waals surface area contributed by atoms with Crippen LogP contribution < -0.4 is 0 Å². The number of halogens is 3. The summed E-state index contributed by atoms with van der Waals surface area (Å²) < 4.78 is 21.2. The van der Waals surface area contributed by atoms with Gasteiger partial charge < -0.3 is 4.74 Å². The minimum absolute atomic E-state index is 0.273. The third kappa shape index (κ3) is 2.46. The van der Waals surface area contributed by atoms with Crippen molar-refractivity contribution in [1.29, 1.82) is 0 Å². The fourth-order valence-electron chi connectivity index (χ4n) is 2.92. The Hall–Kier alpha value is -1.76. The van der Waals surface area contributed by atoms with Crippen LogP contribution in [-0.2, 0) is 10.3 Å². The van der Waals surface area contributed by atoms with Crippen molar-refractivity contribution in [3.63, 3.8) is 0 Å². The van der Waals surface area contributed by atoms with Crippen molar-refractivity contribution in [2.45, 2.75) is 16.7 Å². The lowest BCUT2D eigenvalue weighted by Gasteiger charge is -2.20. The van der Waals surface area contributed by atoms with Gasteiger partial charge in [0.05, 0.1) is 0 Å². The van der Waals surface area contributed by atoms with Gasteiger partial charge in [-0.25, -0.2) is 14.1 Å². The van der Waals surface area contributed by atoms with E-state index in [4.69, 9.17) is 16.3 Å². The monoisotopic (exact) mass is 407 g/mol. The molecule has 1 aliphatic rings. The molecule has 3 aromatic rings. The summed E-state index contributed by atoms with van der Waals surface area (Å²) in [6, 6.07) is 13.8. The number of aromatic nitrogens is 3. The third-order valence-corrected chi connectivity index (χ3v) is 5.59. The number of benzene rings is 2. The van der Waals surface area contributed by atoms with Gasteiger partial charge in [-0.05, 0) is 23.8 Å². The van der Waals surface area contributed by atoms with Crippen molar-refractivity contribution in [1.82, 2.24) is 14.8 Å². The summed E-state index contributed by atoms with van der Waals surface area (Å²) in [5.41, 5.74) is 0.978. The first-order chi connectivity index (χ1) is 11.6. The molecule has 0 radical (unpaired) electrons. The quantitative estimate of drug-likeness (QED) is 0.467. The second-order valence-corrected chi connectivity index (χ2v) is 6.81. The number of epoxide rings is 1.